The van der Waals surface area contributed by atoms with Gasteiger partial charge in [0.2, 0.25) is 5.13 Å². The van der Waals surface area contributed by atoms with E-state index >= 15 is 0 Å². The highest BCUT2D eigenvalue weighted by molar-refractivity contribution is 7.09. The van der Waals surface area contributed by atoms with Gasteiger partial charge in [0.25, 0.3) is 0 Å². The third-order valence-electron chi connectivity index (χ3n) is 3.95. The molecule has 0 bridgehead atoms. The molecular formula is C15H28N4O2S. The van der Waals surface area contributed by atoms with Crippen LogP contribution in [0.1, 0.15) is 33.5 Å². The first-order valence-electron chi connectivity index (χ1n) is 7.86. The van der Waals surface area contributed by atoms with Crippen LogP contribution in [0.3, 0.4) is 0 Å². The minimum Gasteiger partial charge on any atom is -0.384 e. The van der Waals surface area contributed by atoms with Crippen LogP contribution in [0.5, 0.6) is 0 Å². The fourth-order valence-corrected chi connectivity index (χ4v) is 3.30. The number of nitrogens with zero attached hydrogens (tertiary/aromatic N) is 3. The van der Waals surface area contributed by atoms with E-state index < -0.39 is 0 Å². The van der Waals surface area contributed by atoms with Gasteiger partial charge < -0.3 is 14.8 Å². The van der Waals surface area contributed by atoms with E-state index in [4.69, 9.17) is 9.47 Å². The van der Waals surface area contributed by atoms with E-state index in [1.54, 1.807) is 7.11 Å². The lowest BCUT2D eigenvalue weighted by Gasteiger charge is -2.45. The lowest BCUT2D eigenvalue weighted by atomic mass is 10.0. The first-order valence-corrected chi connectivity index (χ1v) is 8.64. The third kappa shape index (κ3) is 4.87. The van der Waals surface area contributed by atoms with E-state index in [1.165, 1.54) is 11.5 Å². The molecule has 1 saturated heterocycles. The van der Waals surface area contributed by atoms with Crippen LogP contribution in [0.25, 0.3) is 0 Å². The molecule has 0 saturated carbocycles. The highest BCUT2D eigenvalue weighted by Crippen LogP contribution is 2.22. The highest BCUT2D eigenvalue weighted by atomic mass is 32.1. The molecule has 2 unspecified atom stereocenters. The number of hydrogen-bond acceptors (Lipinski definition) is 7. The van der Waals surface area contributed by atoms with E-state index in [1.807, 2.05) is 0 Å². The van der Waals surface area contributed by atoms with E-state index in [-0.39, 0.29) is 17.7 Å². The van der Waals surface area contributed by atoms with Gasteiger partial charge in [-0.05, 0) is 27.7 Å². The molecule has 1 aromatic rings. The zero-order valence-corrected chi connectivity index (χ0v) is 15.1. The fraction of sp³-hybridized carbons (Fsp3) is 0.867. The van der Waals surface area contributed by atoms with Gasteiger partial charge in [0, 0.05) is 50.2 Å². The standard InChI is InChI=1S/C15H28N4O2S/c1-11-8-19(9-12(2)21-11)15(3,4)10-16-14-17-13(18-22-14)6-7-20-5/h11-12H,6-10H2,1-5H3,(H,16,17,18). The van der Waals surface area contributed by atoms with Crippen LogP contribution < -0.4 is 5.32 Å². The van der Waals surface area contributed by atoms with E-state index in [0.717, 1.165) is 37.0 Å². The number of aromatic nitrogens is 2. The Kier molecular flexibility index (Phi) is 6.14. The Morgan fingerprint density at radius 2 is 2.05 bits per heavy atom. The lowest BCUT2D eigenvalue weighted by Crippen LogP contribution is -2.57. The molecule has 1 aliphatic rings. The molecule has 0 aliphatic carbocycles. The quantitative estimate of drug-likeness (QED) is 0.826. The summed E-state index contributed by atoms with van der Waals surface area (Å²) < 4.78 is 15.2. The monoisotopic (exact) mass is 328 g/mol. The van der Waals surface area contributed by atoms with Gasteiger partial charge in [-0.1, -0.05) is 0 Å². The predicted molar refractivity (Wildman–Crippen MR) is 89.6 cm³/mol. The van der Waals surface area contributed by atoms with Gasteiger partial charge in [-0.2, -0.15) is 4.37 Å². The van der Waals surface area contributed by atoms with Crippen molar-refractivity contribution in [3.8, 4) is 0 Å². The summed E-state index contributed by atoms with van der Waals surface area (Å²) in [5.41, 5.74) is 0.0463. The summed E-state index contributed by atoms with van der Waals surface area (Å²) in [5.74, 6) is 0.848. The summed E-state index contributed by atoms with van der Waals surface area (Å²) >= 11 is 1.42. The molecule has 1 fully saturated rings. The summed E-state index contributed by atoms with van der Waals surface area (Å²) in [7, 11) is 1.69. The number of methoxy groups -OCH3 is 1. The van der Waals surface area contributed by atoms with Crippen molar-refractivity contribution in [2.24, 2.45) is 0 Å². The number of hydrogen-bond donors (Lipinski definition) is 1. The molecule has 0 spiro atoms. The Morgan fingerprint density at radius 1 is 1.36 bits per heavy atom. The smallest absolute Gasteiger partial charge is 0.202 e. The molecular weight excluding hydrogens is 300 g/mol. The van der Waals surface area contributed by atoms with Gasteiger partial charge >= 0.3 is 0 Å². The molecule has 2 atom stereocenters. The van der Waals surface area contributed by atoms with Crippen molar-refractivity contribution in [2.75, 3.05) is 38.7 Å². The molecule has 2 heterocycles. The first kappa shape index (κ1) is 17.6. The second-order valence-corrected chi connectivity index (χ2v) is 7.34. The fourth-order valence-electron chi connectivity index (χ4n) is 2.70. The number of ether oxygens (including phenoxy) is 2. The maximum atomic E-state index is 5.82. The van der Waals surface area contributed by atoms with E-state index in [0.29, 0.717) is 6.61 Å². The van der Waals surface area contributed by atoms with Crippen LogP contribution in [0.2, 0.25) is 0 Å². The molecule has 22 heavy (non-hydrogen) atoms. The van der Waals surface area contributed by atoms with Crippen molar-refractivity contribution in [1.29, 1.82) is 0 Å². The van der Waals surface area contributed by atoms with Gasteiger partial charge in [0.05, 0.1) is 18.8 Å². The van der Waals surface area contributed by atoms with Gasteiger partial charge in [-0.3, -0.25) is 4.90 Å². The van der Waals surface area contributed by atoms with Crippen LogP contribution in [-0.2, 0) is 15.9 Å². The zero-order chi connectivity index (χ0) is 16.2. The van der Waals surface area contributed by atoms with E-state index in [9.17, 15) is 0 Å². The van der Waals surface area contributed by atoms with Crippen LogP contribution in [0.4, 0.5) is 5.13 Å². The van der Waals surface area contributed by atoms with Crippen LogP contribution >= 0.6 is 11.5 Å². The Balaban J connectivity index is 1.87. The summed E-state index contributed by atoms with van der Waals surface area (Å²) in [6, 6.07) is 0. The molecule has 0 aromatic carbocycles. The maximum absolute atomic E-state index is 5.82. The molecule has 7 heteroatoms. The number of rotatable bonds is 7. The second-order valence-electron chi connectivity index (χ2n) is 6.59. The van der Waals surface area contributed by atoms with Gasteiger partial charge in [0.15, 0.2) is 0 Å². The van der Waals surface area contributed by atoms with Crippen LogP contribution in [0, 0.1) is 0 Å². The summed E-state index contributed by atoms with van der Waals surface area (Å²) in [5, 5.41) is 4.31. The Morgan fingerprint density at radius 3 is 2.68 bits per heavy atom. The number of nitrogens with one attached hydrogen (secondary N) is 1. The molecule has 0 amide bonds. The second kappa shape index (κ2) is 7.68. The topological polar surface area (TPSA) is 59.5 Å². The maximum Gasteiger partial charge on any atom is 0.202 e. The van der Waals surface area contributed by atoms with Crippen molar-refractivity contribution in [3.05, 3.63) is 5.82 Å². The van der Waals surface area contributed by atoms with Gasteiger partial charge in [0.1, 0.15) is 5.82 Å². The molecule has 6 nitrogen and oxygen atoms in total. The highest BCUT2D eigenvalue weighted by Gasteiger charge is 2.33. The van der Waals surface area contributed by atoms with Gasteiger partial charge in [-0.15, -0.1) is 0 Å². The van der Waals surface area contributed by atoms with Crippen molar-refractivity contribution in [2.45, 2.75) is 51.9 Å². The molecule has 126 valence electrons. The Hall–Kier alpha value is -0.760. The molecule has 1 aliphatic heterocycles. The molecule has 1 N–H and O–H groups in total. The van der Waals surface area contributed by atoms with Crippen molar-refractivity contribution in [1.82, 2.24) is 14.3 Å². The van der Waals surface area contributed by atoms with Crippen molar-refractivity contribution < 1.29 is 9.47 Å². The van der Waals surface area contributed by atoms with Crippen molar-refractivity contribution >= 4 is 16.7 Å². The van der Waals surface area contributed by atoms with E-state index in [2.05, 4.69) is 47.3 Å². The summed E-state index contributed by atoms with van der Waals surface area (Å²) in [6.07, 6.45) is 1.33. The average molecular weight is 328 g/mol. The molecule has 0 radical (unpaired) electrons. The summed E-state index contributed by atoms with van der Waals surface area (Å²) in [6.45, 7) is 12.2. The SMILES string of the molecule is COCCc1nsc(NCC(C)(C)N2CC(C)OC(C)C2)n1. The van der Waals surface area contributed by atoms with Crippen molar-refractivity contribution in [3.63, 3.8) is 0 Å². The zero-order valence-electron chi connectivity index (χ0n) is 14.3. The normalized spacial score (nSPS) is 23.7. The number of morpholine rings is 1. The third-order valence-corrected chi connectivity index (χ3v) is 4.66. The minimum atomic E-state index is 0.0463. The average Bonchev–Trinajstić information content (AvgIpc) is 2.90. The van der Waals surface area contributed by atoms with Crippen LogP contribution in [0.15, 0.2) is 0 Å². The van der Waals surface area contributed by atoms with Crippen LogP contribution in [-0.4, -0.2) is 65.4 Å². The Labute approximate surface area is 137 Å². The Bertz CT molecular complexity index is 456. The summed E-state index contributed by atoms with van der Waals surface area (Å²) in [4.78, 5) is 6.99. The largest absolute Gasteiger partial charge is 0.384 e. The minimum absolute atomic E-state index is 0.0463. The lowest BCUT2D eigenvalue weighted by molar-refractivity contribution is -0.0933. The number of anilines is 1. The van der Waals surface area contributed by atoms with Gasteiger partial charge in [-0.25, -0.2) is 4.98 Å². The first-order chi connectivity index (χ1) is 10.4. The predicted octanol–water partition coefficient (Wildman–Crippen LogP) is 2.03. The molecule has 1 aromatic heterocycles. The molecule has 2 rings (SSSR count).